The molecule has 0 heterocycles. The van der Waals surface area contributed by atoms with Gasteiger partial charge in [-0.25, -0.2) is 0 Å². The lowest BCUT2D eigenvalue weighted by atomic mass is 10.3. The van der Waals surface area contributed by atoms with Crippen molar-refractivity contribution in [1.29, 1.82) is 0 Å². The van der Waals surface area contributed by atoms with Crippen molar-refractivity contribution in [1.82, 2.24) is 5.32 Å². The maximum Gasteiger partial charge on any atom is 0.119 e. The molecule has 0 fully saturated rings. The number of hydrogen-bond donors (Lipinski definition) is 1. The van der Waals surface area contributed by atoms with E-state index >= 15 is 0 Å². The second-order valence-electron chi connectivity index (χ2n) is 3.96. The van der Waals surface area contributed by atoms with Gasteiger partial charge in [0.05, 0.1) is 6.61 Å². The molecule has 0 aliphatic heterocycles. The topological polar surface area (TPSA) is 21.3 Å². The van der Waals surface area contributed by atoms with Crippen LogP contribution in [0.1, 0.15) is 19.3 Å². The lowest BCUT2D eigenvalue weighted by molar-refractivity contribution is 0.308. The van der Waals surface area contributed by atoms with Crippen LogP contribution in [0.5, 0.6) is 5.75 Å². The van der Waals surface area contributed by atoms with Crippen LogP contribution in [-0.4, -0.2) is 31.7 Å². The van der Waals surface area contributed by atoms with E-state index in [1.165, 1.54) is 18.6 Å². The first-order valence-electron chi connectivity index (χ1n) is 6.31. The molecule has 3 heteroatoms. The fraction of sp³-hybridized carbons (Fsp3) is 0.571. The van der Waals surface area contributed by atoms with E-state index in [1.807, 2.05) is 42.1 Å². The first-order chi connectivity index (χ1) is 8.43. The van der Waals surface area contributed by atoms with E-state index < -0.39 is 0 Å². The Labute approximate surface area is 109 Å². The van der Waals surface area contributed by atoms with E-state index in [0.717, 1.165) is 31.9 Å². The largest absolute Gasteiger partial charge is 0.494 e. The third-order valence-electron chi connectivity index (χ3n) is 2.46. The first kappa shape index (κ1) is 14.4. The third kappa shape index (κ3) is 8.11. The Morgan fingerprint density at radius 1 is 1.06 bits per heavy atom. The molecule has 1 rings (SSSR count). The Bertz CT molecular complexity index is 266. The highest BCUT2D eigenvalue weighted by Crippen LogP contribution is 2.07. The van der Waals surface area contributed by atoms with E-state index in [2.05, 4.69) is 11.6 Å². The van der Waals surface area contributed by atoms with Crippen molar-refractivity contribution in [2.75, 3.05) is 31.7 Å². The molecule has 1 aromatic rings. The molecule has 1 aromatic carbocycles. The molecule has 17 heavy (non-hydrogen) atoms. The minimum absolute atomic E-state index is 0.793. The van der Waals surface area contributed by atoms with E-state index in [-0.39, 0.29) is 0 Å². The zero-order valence-corrected chi connectivity index (χ0v) is 11.5. The number of nitrogens with one attached hydrogen (secondary N) is 1. The molecule has 96 valence electrons. The number of benzene rings is 1. The maximum absolute atomic E-state index is 5.61. The molecule has 1 N–H and O–H groups in total. The Kier molecular flexibility index (Phi) is 8.87. The van der Waals surface area contributed by atoms with Gasteiger partial charge in [-0.3, -0.25) is 0 Å². The maximum atomic E-state index is 5.61. The van der Waals surface area contributed by atoms with Gasteiger partial charge < -0.3 is 10.1 Å². The molecule has 0 aliphatic carbocycles. The minimum atomic E-state index is 0.793. The van der Waals surface area contributed by atoms with Crippen LogP contribution in [-0.2, 0) is 0 Å². The molecule has 0 spiro atoms. The highest BCUT2D eigenvalue weighted by Gasteiger charge is 1.92. The molecule has 0 saturated carbocycles. The van der Waals surface area contributed by atoms with Gasteiger partial charge in [-0.1, -0.05) is 18.2 Å². The summed E-state index contributed by atoms with van der Waals surface area (Å²) < 4.78 is 5.61. The number of unbranched alkanes of at least 4 members (excludes halogenated alkanes) is 1. The average Bonchev–Trinajstić information content (AvgIpc) is 2.38. The monoisotopic (exact) mass is 253 g/mol. The minimum Gasteiger partial charge on any atom is -0.494 e. The van der Waals surface area contributed by atoms with Crippen molar-refractivity contribution < 1.29 is 4.74 Å². The van der Waals surface area contributed by atoms with Crippen molar-refractivity contribution in [3.63, 3.8) is 0 Å². The van der Waals surface area contributed by atoms with Crippen LogP contribution in [0.25, 0.3) is 0 Å². The summed E-state index contributed by atoms with van der Waals surface area (Å²) in [7, 11) is 0. The van der Waals surface area contributed by atoms with Crippen molar-refractivity contribution in [2.45, 2.75) is 19.3 Å². The summed E-state index contributed by atoms with van der Waals surface area (Å²) in [6.07, 6.45) is 5.82. The lowest BCUT2D eigenvalue weighted by Gasteiger charge is -2.06. The molecule has 2 nitrogen and oxygen atoms in total. The number of rotatable bonds is 10. The van der Waals surface area contributed by atoms with Crippen LogP contribution in [0.4, 0.5) is 0 Å². The van der Waals surface area contributed by atoms with E-state index in [9.17, 15) is 0 Å². The number of hydrogen-bond acceptors (Lipinski definition) is 3. The number of thioether (sulfide) groups is 1. The van der Waals surface area contributed by atoms with Gasteiger partial charge in [0, 0.05) is 0 Å². The summed E-state index contributed by atoms with van der Waals surface area (Å²) in [5, 5.41) is 3.44. The van der Waals surface area contributed by atoms with Crippen molar-refractivity contribution in [3.05, 3.63) is 30.3 Å². The Balaban J connectivity index is 1.85. The second kappa shape index (κ2) is 10.5. The molecule has 0 amide bonds. The molecular formula is C14H23NOS. The highest BCUT2D eigenvalue weighted by atomic mass is 32.2. The van der Waals surface area contributed by atoms with Gasteiger partial charge in [0.1, 0.15) is 5.75 Å². The first-order valence-corrected chi connectivity index (χ1v) is 7.70. The van der Waals surface area contributed by atoms with Gasteiger partial charge in [-0.15, -0.1) is 0 Å². The standard InChI is InChI=1S/C14H23NOS/c1-17-13-6-5-10-15-11-7-12-16-14-8-3-2-4-9-14/h2-4,8-9,15H,5-7,10-13H2,1H3. The Hall–Kier alpha value is -0.670. The second-order valence-corrected chi connectivity index (χ2v) is 4.95. The Morgan fingerprint density at radius 2 is 1.82 bits per heavy atom. The predicted molar refractivity (Wildman–Crippen MR) is 77.0 cm³/mol. The van der Waals surface area contributed by atoms with Crippen molar-refractivity contribution >= 4 is 11.8 Å². The lowest BCUT2D eigenvalue weighted by Crippen LogP contribution is -2.18. The van der Waals surface area contributed by atoms with Crippen LogP contribution in [0.15, 0.2) is 30.3 Å². The van der Waals surface area contributed by atoms with Crippen molar-refractivity contribution in [3.8, 4) is 5.75 Å². The molecule has 0 unspecified atom stereocenters. The van der Waals surface area contributed by atoms with Crippen LogP contribution < -0.4 is 10.1 Å². The van der Waals surface area contributed by atoms with Crippen LogP contribution in [0, 0.1) is 0 Å². The SMILES string of the molecule is CSCCCCNCCCOc1ccccc1. The van der Waals surface area contributed by atoms with Crippen LogP contribution in [0.2, 0.25) is 0 Å². The number of para-hydroxylation sites is 1. The normalized spacial score (nSPS) is 10.4. The summed E-state index contributed by atoms with van der Waals surface area (Å²) in [5.41, 5.74) is 0. The summed E-state index contributed by atoms with van der Waals surface area (Å²) in [6.45, 7) is 2.97. The fourth-order valence-corrected chi connectivity index (χ4v) is 2.02. The summed E-state index contributed by atoms with van der Waals surface area (Å²) >= 11 is 1.92. The fourth-order valence-electron chi connectivity index (χ4n) is 1.53. The van der Waals surface area contributed by atoms with Crippen molar-refractivity contribution in [2.24, 2.45) is 0 Å². The van der Waals surface area contributed by atoms with Crippen LogP contribution in [0.3, 0.4) is 0 Å². The zero-order valence-electron chi connectivity index (χ0n) is 10.7. The van der Waals surface area contributed by atoms with E-state index in [4.69, 9.17) is 4.74 Å². The zero-order chi connectivity index (χ0) is 12.2. The molecule has 0 bridgehead atoms. The van der Waals surface area contributed by atoms with Gasteiger partial charge in [0.2, 0.25) is 0 Å². The smallest absolute Gasteiger partial charge is 0.119 e. The summed E-state index contributed by atoms with van der Waals surface area (Å²) in [6, 6.07) is 9.99. The van der Waals surface area contributed by atoms with Gasteiger partial charge in [-0.2, -0.15) is 11.8 Å². The number of ether oxygens (including phenoxy) is 1. The molecule has 0 atom stereocenters. The summed E-state index contributed by atoms with van der Waals surface area (Å²) in [4.78, 5) is 0. The van der Waals surface area contributed by atoms with Gasteiger partial charge in [0.25, 0.3) is 0 Å². The third-order valence-corrected chi connectivity index (χ3v) is 3.16. The predicted octanol–water partition coefficient (Wildman–Crippen LogP) is 3.19. The summed E-state index contributed by atoms with van der Waals surface area (Å²) in [5.74, 6) is 2.24. The van der Waals surface area contributed by atoms with E-state index in [1.54, 1.807) is 0 Å². The molecular weight excluding hydrogens is 230 g/mol. The molecule has 0 radical (unpaired) electrons. The van der Waals surface area contributed by atoms with Gasteiger partial charge in [-0.05, 0) is 56.5 Å². The highest BCUT2D eigenvalue weighted by molar-refractivity contribution is 7.98. The molecule has 0 saturated heterocycles. The quantitative estimate of drug-likeness (QED) is 0.647. The Morgan fingerprint density at radius 3 is 2.59 bits per heavy atom. The molecule has 0 aromatic heterocycles. The van der Waals surface area contributed by atoms with Gasteiger partial charge in [0.15, 0.2) is 0 Å². The van der Waals surface area contributed by atoms with E-state index in [0.29, 0.717) is 0 Å². The van der Waals surface area contributed by atoms with Crippen LogP contribution >= 0.6 is 11.8 Å². The van der Waals surface area contributed by atoms with Gasteiger partial charge >= 0.3 is 0 Å². The average molecular weight is 253 g/mol. The molecule has 0 aliphatic rings.